The average molecular weight is 376 g/mol. The lowest BCUT2D eigenvalue weighted by atomic mass is 9.97. The fourth-order valence-electron chi connectivity index (χ4n) is 3.64. The lowest BCUT2D eigenvalue weighted by Gasteiger charge is -2.26. The lowest BCUT2D eigenvalue weighted by Crippen LogP contribution is -3.08. The Bertz CT molecular complexity index is 932. The second kappa shape index (κ2) is 7.60. The molecule has 1 aliphatic rings. The molecule has 1 aliphatic heterocycles. The summed E-state index contributed by atoms with van der Waals surface area (Å²) in [4.78, 5) is 22.5. The predicted octanol–water partition coefficient (Wildman–Crippen LogP) is -0.822. The summed E-state index contributed by atoms with van der Waals surface area (Å²) in [6, 6.07) is 7.94. The number of furan rings is 1. The summed E-state index contributed by atoms with van der Waals surface area (Å²) >= 11 is 0. The predicted molar refractivity (Wildman–Crippen MR) is 93.8 cm³/mol. The van der Waals surface area contributed by atoms with Crippen LogP contribution in [0.1, 0.15) is 25.6 Å². The largest absolute Gasteiger partial charge is 1.00 e. The van der Waals surface area contributed by atoms with E-state index in [0.717, 1.165) is 59.6 Å². The fraction of sp³-hybridized carbons (Fsp3) is 0.421. The number of hydrogen-bond acceptors (Lipinski definition) is 5. The monoisotopic (exact) mass is 375 g/mol. The van der Waals surface area contributed by atoms with Gasteiger partial charge in [0.1, 0.15) is 16.9 Å². The van der Waals surface area contributed by atoms with E-state index in [4.69, 9.17) is 9.15 Å². The van der Waals surface area contributed by atoms with Crippen LogP contribution in [0.5, 0.6) is 0 Å². The van der Waals surface area contributed by atoms with Gasteiger partial charge in [-0.2, -0.15) is 4.98 Å². The van der Waals surface area contributed by atoms with Crippen molar-refractivity contribution in [2.24, 2.45) is 5.92 Å². The van der Waals surface area contributed by atoms with E-state index in [1.165, 1.54) is 4.90 Å². The molecule has 3 aromatic rings. The molecule has 1 fully saturated rings. The van der Waals surface area contributed by atoms with Gasteiger partial charge >= 0.3 is 5.97 Å². The van der Waals surface area contributed by atoms with E-state index in [9.17, 15) is 4.79 Å². The van der Waals surface area contributed by atoms with Crippen molar-refractivity contribution in [2.45, 2.75) is 26.7 Å². The van der Waals surface area contributed by atoms with Crippen molar-refractivity contribution in [3.8, 4) is 0 Å². The molecule has 6 nitrogen and oxygen atoms in total. The molecule has 0 saturated carbocycles. The minimum Gasteiger partial charge on any atom is -1.00 e. The highest BCUT2D eigenvalue weighted by atomic mass is 35.5. The van der Waals surface area contributed by atoms with Crippen molar-refractivity contribution in [1.82, 2.24) is 9.97 Å². The van der Waals surface area contributed by atoms with Gasteiger partial charge in [0.2, 0.25) is 5.58 Å². The lowest BCUT2D eigenvalue weighted by molar-refractivity contribution is -0.841. The molecule has 1 aromatic carbocycles. The second-order valence-corrected chi connectivity index (χ2v) is 6.53. The Labute approximate surface area is 157 Å². The highest BCUT2D eigenvalue weighted by molar-refractivity contribution is 6.04. The molecule has 3 heterocycles. The summed E-state index contributed by atoms with van der Waals surface area (Å²) in [5.41, 5.74) is 2.47. The molecule has 138 valence electrons. The number of nitrogens with one attached hydrogen (secondary N) is 1. The highest BCUT2D eigenvalue weighted by Crippen LogP contribution is 2.30. The maximum absolute atomic E-state index is 11.9. The van der Waals surface area contributed by atoms with Crippen LogP contribution in [0.4, 0.5) is 5.82 Å². The van der Waals surface area contributed by atoms with Gasteiger partial charge in [-0.15, -0.1) is 0 Å². The number of aryl methyl sites for hydroxylation is 1. The Morgan fingerprint density at radius 3 is 2.73 bits per heavy atom. The molecule has 7 heteroatoms. The number of quaternary nitrogens is 1. The molecule has 26 heavy (non-hydrogen) atoms. The van der Waals surface area contributed by atoms with Gasteiger partial charge in [0.15, 0.2) is 0 Å². The number of ether oxygens (including phenoxy) is 1. The third kappa shape index (κ3) is 3.27. The van der Waals surface area contributed by atoms with Crippen molar-refractivity contribution in [3.63, 3.8) is 0 Å². The molecule has 0 radical (unpaired) electrons. The zero-order valence-corrected chi connectivity index (χ0v) is 15.7. The van der Waals surface area contributed by atoms with E-state index in [2.05, 4.69) is 9.97 Å². The van der Waals surface area contributed by atoms with Gasteiger partial charge in [0.05, 0.1) is 25.6 Å². The van der Waals surface area contributed by atoms with E-state index in [-0.39, 0.29) is 24.3 Å². The number of hydrogen-bond donors (Lipinski definition) is 1. The number of carbonyl (C=O) groups excluding carboxylic acids is 1. The first kappa shape index (κ1) is 18.6. The van der Waals surface area contributed by atoms with Gasteiger partial charge in [0.25, 0.3) is 5.82 Å². The van der Waals surface area contributed by atoms with E-state index in [1.807, 2.05) is 38.1 Å². The number of piperidine rings is 1. The zero-order chi connectivity index (χ0) is 17.4. The molecule has 0 bridgehead atoms. The van der Waals surface area contributed by atoms with E-state index in [1.54, 1.807) is 0 Å². The Hall–Kier alpha value is -2.18. The SMILES string of the molecule is CCOC(=O)C1CC[NH+](c2nc(C)nc3c2oc2ccccc23)CC1.[Cl-]. The Balaban J connectivity index is 0.00000196. The molecule has 1 N–H and O–H groups in total. The van der Waals surface area contributed by atoms with Crippen molar-refractivity contribution in [1.29, 1.82) is 0 Å². The fourth-order valence-corrected chi connectivity index (χ4v) is 3.64. The highest BCUT2D eigenvalue weighted by Gasteiger charge is 2.32. The zero-order valence-electron chi connectivity index (χ0n) is 14.9. The topological polar surface area (TPSA) is 69.7 Å². The molecule has 0 aliphatic carbocycles. The van der Waals surface area contributed by atoms with E-state index < -0.39 is 0 Å². The van der Waals surface area contributed by atoms with Crippen molar-refractivity contribution in [3.05, 3.63) is 30.1 Å². The number of rotatable bonds is 3. The standard InChI is InChI=1S/C19H21N3O3.ClH/c1-3-24-19(23)13-8-10-22(11-9-13)18-17-16(20-12(2)21-18)14-6-4-5-7-15(14)25-17;/h4-7,13H,3,8-11H2,1-2H3;1H. The third-order valence-electron chi connectivity index (χ3n) is 4.88. The minimum atomic E-state index is -0.0747. The first-order valence-corrected chi connectivity index (χ1v) is 8.85. The molecule has 2 aromatic heterocycles. The van der Waals surface area contributed by atoms with Crippen LogP contribution in [0.15, 0.2) is 28.7 Å². The van der Waals surface area contributed by atoms with Crippen LogP contribution in [-0.2, 0) is 9.53 Å². The molecule has 1 saturated heterocycles. The molecule has 0 atom stereocenters. The van der Waals surface area contributed by atoms with Crippen LogP contribution in [0, 0.1) is 12.8 Å². The number of carbonyl (C=O) groups is 1. The Morgan fingerprint density at radius 2 is 2.00 bits per heavy atom. The summed E-state index contributed by atoms with van der Waals surface area (Å²) in [7, 11) is 0. The minimum absolute atomic E-state index is 0. The Morgan fingerprint density at radius 1 is 1.27 bits per heavy atom. The summed E-state index contributed by atoms with van der Waals surface area (Å²) in [6.45, 7) is 5.88. The number of esters is 1. The molecule has 4 rings (SSSR count). The number of para-hydroxylation sites is 1. The number of aromatic nitrogens is 2. The smallest absolute Gasteiger partial charge is 0.309 e. The maximum atomic E-state index is 11.9. The number of halogens is 1. The first-order chi connectivity index (χ1) is 12.2. The Kier molecular flexibility index (Phi) is 5.44. The van der Waals surface area contributed by atoms with Gasteiger partial charge in [0, 0.05) is 18.2 Å². The molecular weight excluding hydrogens is 354 g/mol. The van der Waals surface area contributed by atoms with E-state index >= 15 is 0 Å². The van der Waals surface area contributed by atoms with Gasteiger partial charge in [-0.05, 0) is 26.0 Å². The van der Waals surface area contributed by atoms with Crippen LogP contribution in [0.25, 0.3) is 22.1 Å². The maximum Gasteiger partial charge on any atom is 0.309 e. The normalized spacial score (nSPS) is 20.1. The van der Waals surface area contributed by atoms with Crippen molar-refractivity contribution in [2.75, 3.05) is 19.7 Å². The number of fused-ring (bicyclic) bond motifs is 3. The van der Waals surface area contributed by atoms with Gasteiger partial charge in [-0.1, -0.05) is 12.1 Å². The van der Waals surface area contributed by atoms with Gasteiger partial charge in [-0.3, -0.25) is 9.69 Å². The summed E-state index contributed by atoms with van der Waals surface area (Å²) in [6.07, 6.45) is 1.61. The van der Waals surface area contributed by atoms with Crippen molar-refractivity contribution >= 4 is 33.9 Å². The van der Waals surface area contributed by atoms with Crippen LogP contribution in [-0.4, -0.2) is 35.6 Å². The van der Waals surface area contributed by atoms with Gasteiger partial charge < -0.3 is 21.6 Å². The number of benzene rings is 1. The average Bonchev–Trinajstić information content (AvgIpc) is 3.00. The molecular formula is C19H22ClN3O3. The number of nitrogens with zero attached hydrogens (tertiary/aromatic N) is 2. The van der Waals surface area contributed by atoms with Crippen LogP contribution < -0.4 is 17.3 Å². The summed E-state index contributed by atoms with van der Waals surface area (Å²) < 4.78 is 11.2. The molecule has 0 amide bonds. The third-order valence-corrected chi connectivity index (χ3v) is 4.88. The molecule has 0 spiro atoms. The second-order valence-electron chi connectivity index (χ2n) is 6.53. The van der Waals surface area contributed by atoms with Gasteiger partial charge in [-0.25, -0.2) is 4.98 Å². The van der Waals surface area contributed by atoms with Crippen LogP contribution >= 0.6 is 0 Å². The summed E-state index contributed by atoms with van der Waals surface area (Å²) in [5, 5.41) is 1.02. The van der Waals surface area contributed by atoms with E-state index in [0.29, 0.717) is 6.61 Å². The van der Waals surface area contributed by atoms with Crippen molar-refractivity contribution < 1.29 is 31.3 Å². The first-order valence-electron chi connectivity index (χ1n) is 8.85. The van der Waals surface area contributed by atoms with Crippen LogP contribution in [0.3, 0.4) is 0 Å². The quantitative estimate of drug-likeness (QED) is 0.606. The summed E-state index contributed by atoms with van der Waals surface area (Å²) in [5.74, 6) is 1.57. The van der Waals surface area contributed by atoms with Crippen LogP contribution in [0.2, 0.25) is 0 Å². The molecule has 0 unspecified atom stereocenters.